The van der Waals surface area contributed by atoms with E-state index in [-0.39, 0.29) is 6.61 Å². The van der Waals surface area contributed by atoms with Crippen molar-refractivity contribution in [2.24, 2.45) is 0 Å². The third-order valence-electron chi connectivity index (χ3n) is 3.15. The number of benzene rings is 1. The number of nitrogens with zero attached hydrogens (tertiary/aromatic N) is 3. The summed E-state index contributed by atoms with van der Waals surface area (Å²) in [6.07, 6.45) is 1.87. The first kappa shape index (κ1) is 13.0. The number of aromatic nitrogens is 2. The van der Waals surface area contributed by atoms with Gasteiger partial charge < -0.3 is 9.47 Å². The normalized spacial score (nSPS) is 10.3. The van der Waals surface area contributed by atoms with Gasteiger partial charge >= 0.3 is 0 Å². The maximum absolute atomic E-state index is 9.13. The minimum atomic E-state index is 0.257. The number of hydrogen-bond acceptors (Lipinski definition) is 4. The lowest BCUT2D eigenvalue weighted by Gasteiger charge is -2.09. The minimum absolute atomic E-state index is 0.257. The minimum Gasteiger partial charge on any atom is -0.493 e. The van der Waals surface area contributed by atoms with Crippen LogP contribution >= 0.6 is 0 Å². The van der Waals surface area contributed by atoms with E-state index >= 15 is 0 Å². The Morgan fingerprint density at radius 2 is 1.90 bits per heavy atom. The Hall–Kier alpha value is -3.00. The molecule has 0 saturated carbocycles. The van der Waals surface area contributed by atoms with E-state index in [1.807, 2.05) is 53.1 Å². The highest BCUT2D eigenvalue weighted by atomic mass is 16.5. The first-order valence-electron chi connectivity index (χ1n) is 6.45. The second-order valence-electron chi connectivity index (χ2n) is 4.38. The second kappa shape index (κ2) is 5.55. The maximum Gasteiger partial charge on any atom is 0.166 e. The van der Waals surface area contributed by atoms with Gasteiger partial charge in [-0.3, -0.25) is 4.40 Å². The van der Waals surface area contributed by atoms with E-state index in [1.54, 1.807) is 7.11 Å². The maximum atomic E-state index is 9.13. The molecule has 1 aromatic carbocycles. The highest BCUT2D eigenvalue weighted by Gasteiger charge is 2.11. The number of nitriles is 1. The van der Waals surface area contributed by atoms with E-state index in [1.165, 1.54) is 0 Å². The molecule has 3 aromatic rings. The summed E-state index contributed by atoms with van der Waals surface area (Å²) in [5, 5.41) is 9.13. The fourth-order valence-corrected chi connectivity index (χ4v) is 2.17. The number of rotatable bonds is 4. The lowest BCUT2D eigenvalue weighted by atomic mass is 10.3. The van der Waals surface area contributed by atoms with E-state index in [0.29, 0.717) is 23.0 Å². The summed E-state index contributed by atoms with van der Waals surface area (Å²) in [5.41, 5.74) is 1.17. The van der Waals surface area contributed by atoms with Crippen LogP contribution in [0.15, 0.2) is 48.7 Å². The van der Waals surface area contributed by atoms with Gasteiger partial charge in [-0.15, -0.1) is 0 Å². The van der Waals surface area contributed by atoms with E-state index < -0.39 is 0 Å². The lowest BCUT2D eigenvalue weighted by Crippen LogP contribution is -2.02. The van der Waals surface area contributed by atoms with Gasteiger partial charge in [0.15, 0.2) is 23.0 Å². The number of para-hydroxylation sites is 2. The summed E-state index contributed by atoms with van der Waals surface area (Å²) >= 11 is 0. The predicted octanol–water partition coefficient (Wildman–Crippen LogP) is 2.79. The molecule has 0 bridgehead atoms. The van der Waals surface area contributed by atoms with Gasteiger partial charge in [0.2, 0.25) is 0 Å². The van der Waals surface area contributed by atoms with E-state index in [9.17, 15) is 0 Å². The molecule has 0 spiro atoms. The van der Waals surface area contributed by atoms with Crippen molar-refractivity contribution in [3.8, 4) is 17.6 Å². The first-order chi connectivity index (χ1) is 10.3. The number of fused-ring (bicyclic) bond motifs is 1. The standard InChI is InChI=1S/C16H13N3O2/c1-20-14-7-2-3-8-15(14)21-11-16-18-12(10-17)13-6-4-5-9-19(13)16/h2-9H,11H2,1H3. The zero-order valence-electron chi connectivity index (χ0n) is 11.5. The molecular formula is C16H13N3O2. The molecule has 5 heteroatoms. The summed E-state index contributed by atoms with van der Waals surface area (Å²) in [5.74, 6) is 1.98. The molecule has 0 aliphatic heterocycles. The molecule has 0 N–H and O–H groups in total. The lowest BCUT2D eigenvalue weighted by molar-refractivity contribution is 0.276. The van der Waals surface area contributed by atoms with Crippen LogP contribution < -0.4 is 9.47 Å². The first-order valence-corrected chi connectivity index (χ1v) is 6.45. The SMILES string of the molecule is COc1ccccc1OCc1nc(C#N)c2ccccn12. The summed E-state index contributed by atoms with van der Waals surface area (Å²) in [6, 6.07) is 15.1. The number of imidazole rings is 1. The summed E-state index contributed by atoms with van der Waals surface area (Å²) < 4.78 is 12.9. The summed E-state index contributed by atoms with van der Waals surface area (Å²) in [6.45, 7) is 0.257. The van der Waals surface area contributed by atoms with Gasteiger partial charge in [0, 0.05) is 6.20 Å². The molecule has 0 saturated heterocycles. The molecule has 0 amide bonds. The van der Waals surface area contributed by atoms with Crippen LogP contribution in [-0.4, -0.2) is 16.5 Å². The third kappa shape index (κ3) is 2.39. The fourth-order valence-electron chi connectivity index (χ4n) is 2.17. The summed E-state index contributed by atoms with van der Waals surface area (Å²) in [7, 11) is 1.60. The number of hydrogen-bond donors (Lipinski definition) is 0. The molecule has 5 nitrogen and oxygen atoms in total. The van der Waals surface area contributed by atoms with Crippen molar-refractivity contribution in [1.82, 2.24) is 9.38 Å². The smallest absolute Gasteiger partial charge is 0.166 e. The molecule has 0 unspecified atom stereocenters. The van der Waals surface area contributed by atoms with Crippen LogP contribution in [0.3, 0.4) is 0 Å². The molecular weight excluding hydrogens is 266 g/mol. The third-order valence-corrected chi connectivity index (χ3v) is 3.15. The van der Waals surface area contributed by atoms with E-state index in [0.717, 1.165) is 5.52 Å². The Morgan fingerprint density at radius 1 is 1.14 bits per heavy atom. The van der Waals surface area contributed by atoms with Crippen LogP contribution in [0.5, 0.6) is 11.5 Å². The van der Waals surface area contributed by atoms with Crippen LogP contribution in [-0.2, 0) is 6.61 Å². The van der Waals surface area contributed by atoms with Crippen molar-refractivity contribution in [2.75, 3.05) is 7.11 Å². The summed E-state index contributed by atoms with van der Waals surface area (Å²) in [4.78, 5) is 4.31. The van der Waals surface area contributed by atoms with Crippen LogP contribution in [0.25, 0.3) is 5.52 Å². The largest absolute Gasteiger partial charge is 0.493 e. The zero-order chi connectivity index (χ0) is 14.7. The van der Waals surface area contributed by atoms with Gasteiger partial charge in [-0.05, 0) is 24.3 Å². The van der Waals surface area contributed by atoms with Crippen LogP contribution in [0.1, 0.15) is 11.5 Å². The van der Waals surface area contributed by atoms with Gasteiger partial charge in [-0.1, -0.05) is 18.2 Å². The predicted molar refractivity (Wildman–Crippen MR) is 77.2 cm³/mol. The molecule has 0 aliphatic rings. The Balaban J connectivity index is 1.91. The van der Waals surface area contributed by atoms with Crippen molar-refractivity contribution >= 4 is 5.52 Å². The highest BCUT2D eigenvalue weighted by Crippen LogP contribution is 2.26. The van der Waals surface area contributed by atoms with Crippen LogP contribution in [0.2, 0.25) is 0 Å². The highest BCUT2D eigenvalue weighted by molar-refractivity contribution is 5.58. The van der Waals surface area contributed by atoms with Crippen molar-refractivity contribution in [1.29, 1.82) is 5.26 Å². The van der Waals surface area contributed by atoms with Crippen molar-refractivity contribution < 1.29 is 9.47 Å². The Bertz CT molecular complexity index is 818. The topological polar surface area (TPSA) is 59.5 Å². The molecule has 0 fully saturated rings. The van der Waals surface area contributed by atoms with Gasteiger partial charge in [-0.25, -0.2) is 4.98 Å². The van der Waals surface area contributed by atoms with Crippen molar-refractivity contribution in [3.05, 3.63) is 60.2 Å². The van der Waals surface area contributed by atoms with E-state index in [4.69, 9.17) is 14.7 Å². The number of ether oxygens (including phenoxy) is 2. The van der Waals surface area contributed by atoms with Gasteiger partial charge in [-0.2, -0.15) is 5.26 Å². The molecule has 104 valence electrons. The van der Waals surface area contributed by atoms with Gasteiger partial charge in [0.1, 0.15) is 12.7 Å². The molecule has 2 aromatic heterocycles. The molecule has 3 rings (SSSR count). The molecule has 2 heterocycles. The number of methoxy groups -OCH3 is 1. The average Bonchev–Trinajstić information content (AvgIpc) is 2.91. The fraction of sp³-hybridized carbons (Fsp3) is 0.125. The zero-order valence-corrected chi connectivity index (χ0v) is 11.5. The Morgan fingerprint density at radius 3 is 2.67 bits per heavy atom. The van der Waals surface area contributed by atoms with E-state index in [2.05, 4.69) is 11.1 Å². The molecule has 0 radical (unpaired) electrons. The van der Waals surface area contributed by atoms with Crippen molar-refractivity contribution in [2.45, 2.75) is 6.61 Å². The van der Waals surface area contributed by atoms with Crippen LogP contribution in [0, 0.1) is 11.3 Å². The Labute approximate surface area is 122 Å². The molecule has 0 aliphatic carbocycles. The number of pyridine rings is 1. The average molecular weight is 279 g/mol. The monoisotopic (exact) mass is 279 g/mol. The van der Waals surface area contributed by atoms with Gasteiger partial charge in [0.05, 0.1) is 12.6 Å². The van der Waals surface area contributed by atoms with Gasteiger partial charge in [0.25, 0.3) is 0 Å². The molecule has 21 heavy (non-hydrogen) atoms. The molecule has 0 atom stereocenters. The second-order valence-corrected chi connectivity index (χ2v) is 4.38. The van der Waals surface area contributed by atoms with Crippen LogP contribution in [0.4, 0.5) is 0 Å². The Kier molecular flexibility index (Phi) is 3.44. The quantitative estimate of drug-likeness (QED) is 0.736. The van der Waals surface area contributed by atoms with Crippen molar-refractivity contribution in [3.63, 3.8) is 0 Å².